The van der Waals surface area contributed by atoms with Crippen LogP contribution in [0.4, 0.5) is 0 Å². The second-order valence-electron chi connectivity index (χ2n) is 15.7. The Kier molecular flexibility index (Phi) is 7.73. The lowest BCUT2D eigenvalue weighted by molar-refractivity contribution is 0.436. The first-order valence-electron chi connectivity index (χ1n) is 20.4. The smallest absolute Gasteiger partial charge is 0.171 e. The van der Waals surface area contributed by atoms with Gasteiger partial charge in [0.15, 0.2) is 7.14 Å². The molecule has 9 aromatic carbocycles. The minimum atomic E-state index is -3.06. The summed E-state index contributed by atoms with van der Waals surface area (Å²) in [5, 5.41) is 5.88. The first-order valence-corrected chi connectivity index (χ1v) is 22.1. The van der Waals surface area contributed by atoms with Gasteiger partial charge < -0.3 is 9.30 Å². The van der Waals surface area contributed by atoms with Crippen molar-refractivity contribution >= 4 is 44.7 Å². The van der Waals surface area contributed by atoms with E-state index in [1.807, 2.05) is 72.8 Å². The van der Waals surface area contributed by atoms with Crippen LogP contribution < -0.4 is 20.7 Å². The largest absolute Gasteiger partial charge is 0.457 e. The van der Waals surface area contributed by atoms with Crippen molar-refractivity contribution in [3.8, 4) is 45.0 Å². The molecule has 282 valence electrons. The molecule has 2 heterocycles. The van der Waals surface area contributed by atoms with Crippen molar-refractivity contribution < 1.29 is 9.30 Å². The molecule has 3 nitrogen and oxygen atoms in total. The highest BCUT2D eigenvalue weighted by atomic mass is 31.2. The van der Waals surface area contributed by atoms with Gasteiger partial charge in [0.2, 0.25) is 0 Å². The molecule has 1 aliphatic heterocycles. The fourth-order valence-electron chi connectivity index (χ4n) is 9.92. The van der Waals surface area contributed by atoms with Crippen molar-refractivity contribution in [1.82, 2.24) is 4.98 Å². The molecule has 4 heteroatoms. The van der Waals surface area contributed by atoms with E-state index in [0.717, 1.165) is 77.2 Å². The number of hydrogen-bond acceptors (Lipinski definition) is 3. The van der Waals surface area contributed by atoms with Gasteiger partial charge in [-0.2, -0.15) is 0 Å². The molecule has 0 atom stereocenters. The van der Waals surface area contributed by atoms with E-state index in [0.29, 0.717) is 0 Å². The second kappa shape index (κ2) is 13.4. The SMILES string of the molecule is O=P(c1ccccc1)(c1ccccc1)c1ccc(-c2ccc(-c3nc4ccccc4c4cc5c(cc34)-c3ccccc3C53c4ccccc4Oc4ccccc43)cc2)cc1. The lowest BCUT2D eigenvalue weighted by Gasteiger charge is -2.39. The van der Waals surface area contributed by atoms with Gasteiger partial charge in [-0.1, -0.05) is 188 Å². The summed E-state index contributed by atoms with van der Waals surface area (Å²) in [4.78, 5) is 5.38. The van der Waals surface area contributed by atoms with Crippen LogP contribution in [0.25, 0.3) is 55.2 Å². The minimum absolute atomic E-state index is 0.552. The molecule has 0 saturated carbocycles. The van der Waals surface area contributed by atoms with E-state index in [2.05, 4.69) is 146 Å². The quantitative estimate of drug-likeness (QED) is 0.129. The first-order chi connectivity index (χ1) is 29.6. The molecule has 0 unspecified atom stereocenters. The van der Waals surface area contributed by atoms with Crippen molar-refractivity contribution in [3.63, 3.8) is 0 Å². The van der Waals surface area contributed by atoms with Crippen LogP contribution in [0.3, 0.4) is 0 Å². The Morgan fingerprint density at radius 1 is 0.383 bits per heavy atom. The van der Waals surface area contributed by atoms with Gasteiger partial charge in [0.1, 0.15) is 11.5 Å². The normalized spacial score (nSPS) is 13.3. The van der Waals surface area contributed by atoms with Gasteiger partial charge in [0.25, 0.3) is 0 Å². The molecule has 0 fully saturated rings. The standard InChI is InChI=1S/C56H36NO2P/c58-60(40-15-3-1-4-16-40,41-17-5-2-6-18-41)42-33-31-38(32-34-42)37-27-29-39(30-28-37)55-47-35-46-43-19-7-9-21-48(43)56(51(46)36-45(47)44-20-8-12-24-52(44)57-55)49-22-10-13-25-53(49)59-54-26-14-11-23-50(54)56/h1-36H. The molecule has 0 N–H and O–H groups in total. The molecule has 60 heavy (non-hydrogen) atoms. The number of ether oxygens (including phenoxy) is 1. The molecule has 1 aromatic heterocycles. The molecule has 2 aliphatic rings. The molecule has 10 aromatic rings. The van der Waals surface area contributed by atoms with Crippen LogP contribution in [0, 0.1) is 0 Å². The van der Waals surface area contributed by atoms with E-state index in [1.165, 1.54) is 27.6 Å². The van der Waals surface area contributed by atoms with Crippen LogP contribution in [0.15, 0.2) is 218 Å². The van der Waals surface area contributed by atoms with Gasteiger partial charge in [-0.05, 0) is 69.1 Å². The van der Waals surface area contributed by atoms with Gasteiger partial charge in [-0.25, -0.2) is 4.98 Å². The molecular formula is C56H36NO2P. The van der Waals surface area contributed by atoms with E-state index in [1.54, 1.807) is 0 Å². The molecule has 0 radical (unpaired) electrons. The summed E-state index contributed by atoms with van der Waals surface area (Å²) < 4.78 is 21.6. The molecule has 1 spiro atoms. The Hall–Kier alpha value is -7.32. The zero-order valence-corrected chi connectivity index (χ0v) is 33.4. The zero-order valence-electron chi connectivity index (χ0n) is 32.5. The van der Waals surface area contributed by atoms with Crippen LogP contribution in [-0.4, -0.2) is 4.98 Å². The number of fused-ring (bicyclic) bond motifs is 12. The average Bonchev–Trinajstić information content (AvgIpc) is 3.60. The highest BCUT2D eigenvalue weighted by molar-refractivity contribution is 7.85. The van der Waals surface area contributed by atoms with E-state index >= 15 is 0 Å². The van der Waals surface area contributed by atoms with Crippen molar-refractivity contribution in [1.29, 1.82) is 0 Å². The Bertz CT molecular complexity index is 3270. The molecule has 0 saturated heterocycles. The highest BCUT2D eigenvalue weighted by Gasteiger charge is 2.51. The third kappa shape index (κ3) is 4.97. The predicted octanol–water partition coefficient (Wildman–Crippen LogP) is 12.8. The maximum absolute atomic E-state index is 15.0. The van der Waals surface area contributed by atoms with E-state index in [9.17, 15) is 4.57 Å². The summed E-state index contributed by atoms with van der Waals surface area (Å²) in [7, 11) is -3.06. The number of pyridine rings is 1. The Balaban J connectivity index is 1.01. The van der Waals surface area contributed by atoms with Gasteiger partial charge in [0.05, 0.1) is 16.6 Å². The average molecular weight is 786 g/mol. The summed E-state index contributed by atoms with van der Waals surface area (Å²) in [6.07, 6.45) is 0. The van der Waals surface area contributed by atoms with Crippen molar-refractivity contribution in [3.05, 3.63) is 241 Å². The van der Waals surface area contributed by atoms with Gasteiger partial charge >= 0.3 is 0 Å². The fourth-order valence-corrected chi connectivity index (χ4v) is 12.6. The van der Waals surface area contributed by atoms with Crippen LogP contribution in [0.1, 0.15) is 22.3 Å². The summed E-state index contributed by atoms with van der Waals surface area (Å²) in [6.45, 7) is 0. The zero-order chi connectivity index (χ0) is 39.8. The van der Waals surface area contributed by atoms with E-state index in [4.69, 9.17) is 9.72 Å². The number of hydrogen-bond donors (Lipinski definition) is 0. The van der Waals surface area contributed by atoms with Crippen LogP contribution in [0.2, 0.25) is 0 Å². The predicted molar refractivity (Wildman–Crippen MR) is 247 cm³/mol. The number of nitrogens with zero attached hydrogens (tertiary/aromatic N) is 1. The van der Waals surface area contributed by atoms with Gasteiger partial charge in [-0.15, -0.1) is 0 Å². The summed E-state index contributed by atoms with van der Waals surface area (Å²) >= 11 is 0. The summed E-state index contributed by atoms with van der Waals surface area (Å²) in [5.74, 6) is 1.77. The Morgan fingerprint density at radius 2 is 0.883 bits per heavy atom. The minimum Gasteiger partial charge on any atom is -0.457 e. The number of benzene rings is 9. The van der Waals surface area contributed by atoms with E-state index < -0.39 is 12.6 Å². The van der Waals surface area contributed by atoms with E-state index in [-0.39, 0.29) is 0 Å². The molecule has 12 rings (SSSR count). The Labute approximate surface area is 348 Å². The molecule has 0 amide bonds. The highest BCUT2D eigenvalue weighted by Crippen LogP contribution is 2.62. The molecular weight excluding hydrogens is 750 g/mol. The van der Waals surface area contributed by atoms with Crippen molar-refractivity contribution in [2.75, 3.05) is 0 Å². The number of para-hydroxylation sites is 3. The number of aromatic nitrogens is 1. The topological polar surface area (TPSA) is 39.2 Å². The van der Waals surface area contributed by atoms with Crippen LogP contribution >= 0.6 is 7.14 Å². The maximum Gasteiger partial charge on any atom is 0.171 e. The molecule has 1 aliphatic carbocycles. The fraction of sp³-hybridized carbons (Fsp3) is 0.0179. The third-order valence-corrected chi connectivity index (χ3v) is 15.7. The first kappa shape index (κ1) is 34.7. The maximum atomic E-state index is 15.0. The molecule has 0 bridgehead atoms. The van der Waals surface area contributed by atoms with Crippen molar-refractivity contribution in [2.45, 2.75) is 5.41 Å². The summed E-state index contributed by atoms with van der Waals surface area (Å²) in [5.41, 5.74) is 11.8. The van der Waals surface area contributed by atoms with Crippen molar-refractivity contribution in [2.24, 2.45) is 0 Å². The Morgan fingerprint density at radius 3 is 1.53 bits per heavy atom. The lowest BCUT2D eigenvalue weighted by atomic mass is 9.66. The number of rotatable bonds is 5. The monoisotopic (exact) mass is 785 g/mol. The van der Waals surface area contributed by atoms with Crippen LogP contribution in [-0.2, 0) is 9.98 Å². The second-order valence-corrected chi connectivity index (χ2v) is 18.5. The van der Waals surface area contributed by atoms with Gasteiger partial charge in [-0.3, -0.25) is 0 Å². The van der Waals surface area contributed by atoms with Crippen LogP contribution in [0.5, 0.6) is 11.5 Å². The third-order valence-electron chi connectivity index (χ3n) is 12.6. The summed E-state index contributed by atoms with van der Waals surface area (Å²) in [6, 6.07) is 75.9. The van der Waals surface area contributed by atoms with Gasteiger partial charge in [0, 0.05) is 43.4 Å². The lowest BCUT2D eigenvalue weighted by Crippen LogP contribution is -2.32.